The topological polar surface area (TPSA) is 83.1 Å². The monoisotopic (exact) mass is 437 g/mol. The van der Waals surface area contributed by atoms with Gasteiger partial charge < -0.3 is 29.1 Å². The summed E-state index contributed by atoms with van der Waals surface area (Å²) in [5, 5.41) is 2.68. The molecule has 0 spiro atoms. The van der Waals surface area contributed by atoms with E-state index in [1.54, 1.807) is 35.0 Å². The summed E-state index contributed by atoms with van der Waals surface area (Å²) >= 11 is 0. The molecule has 0 saturated heterocycles. The quantitative estimate of drug-likeness (QED) is 0.364. The van der Waals surface area contributed by atoms with Crippen LogP contribution in [-0.4, -0.2) is 51.5 Å². The number of rotatable bonds is 13. The molecule has 31 heavy (non-hydrogen) atoms. The fraction of sp³-hybridized carbons (Fsp3) is 0.667. The average molecular weight is 438 g/mol. The van der Waals surface area contributed by atoms with E-state index in [1.165, 1.54) is 0 Å². The molecule has 0 aliphatic rings. The molecule has 1 amide bonds. The molecule has 0 fully saturated rings. The predicted molar refractivity (Wildman–Crippen MR) is 121 cm³/mol. The highest BCUT2D eigenvalue weighted by Gasteiger charge is 2.24. The molecule has 0 saturated carbocycles. The largest absolute Gasteiger partial charge is 0.493 e. The van der Waals surface area contributed by atoms with E-state index in [0.29, 0.717) is 37.1 Å². The molecular weight excluding hydrogens is 398 g/mol. The van der Waals surface area contributed by atoms with Crippen molar-refractivity contribution in [2.45, 2.75) is 65.5 Å². The van der Waals surface area contributed by atoms with Gasteiger partial charge in [-0.15, -0.1) is 0 Å². The molecule has 7 nitrogen and oxygen atoms in total. The molecule has 2 atom stereocenters. The lowest BCUT2D eigenvalue weighted by molar-refractivity contribution is -0.110. The Hall–Kier alpha value is -2.28. The zero-order chi connectivity index (χ0) is 23.4. The average Bonchev–Trinajstić information content (AvgIpc) is 2.68. The van der Waals surface area contributed by atoms with Crippen LogP contribution in [0.3, 0.4) is 0 Å². The number of nitrogens with one attached hydrogen (secondary N) is 1. The van der Waals surface area contributed by atoms with Crippen molar-refractivity contribution in [3.8, 4) is 11.5 Å². The van der Waals surface area contributed by atoms with Gasteiger partial charge in [0, 0.05) is 20.1 Å². The molecule has 0 aromatic heterocycles. The minimum absolute atomic E-state index is 0.180. The van der Waals surface area contributed by atoms with Crippen LogP contribution >= 0.6 is 0 Å². The highest BCUT2D eigenvalue weighted by molar-refractivity contribution is 5.73. The maximum absolute atomic E-state index is 12.1. The van der Waals surface area contributed by atoms with Gasteiger partial charge in [-0.1, -0.05) is 19.9 Å². The smallest absolute Gasteiger partial charge is 0.408 e. The van der Waals surface area contributed by atoms with Crippen LogP contribution in [0.1, 0.15) is 53.0 Å². The van der Waals surface area contributed by atoms with Gasteiger partial charge in [0.15, 0.2) is 11.5 Å². The number of amides is 1. The number of methoxy groups -OCH3 is 2. The molecule has 0 bridgehead atoms. The van der Waals surface area contributed by atoms with Crippen molar-refractivity contribution in [1.82, 2.24) is 5.32 Å². The second kappa shape index (κ2) is 13.2. The minimum Gasteiger partial charge on any atom is -0.493 e. The van der Waals surface area contributed by atoms with Crippen molar-refractivity contribution in [1.29, 1.82) is 0 Å². The second-order valence-corrected chi connectivity index (χ2v) is 9.01. The number of alkyl carbamates (subject to hydrolysis) is 1. The third kappa shape index (κ3) is 10.5. The van der Waals surface area contributed by atoms with Crippen molar-refractivity contribution in [3.05, 3.63) is 23.8 Å². The lowest BCUT2D eigenvalue weighted by Gasteiger charge is -2.26. The van der Waals surface area contributed by atoms with Gasteiger partial charge >= 0.3 is 6.09 Å². The summed E-state index contributed by atoms with van der Waals surface area (Å²) in [4.78, 5) is 23.7. The van der Waals surface area contributed by atoms with Crippen molar-refractivity contribution in [2.75, 3.05) is 27.4 Å². The van der Waals surface area contributed by atoms with Crippen LogP contribution in [-0.2, 0) is 20.7 Å². The SMILES string of the molecule is COCCCOc1cc(C[C@@H](C[C@@H](C=O)NC(=O)OC(C)(C)C)C(C)C)ccc1OC. The first-order chi connectivity index (χ1) is 14.6. The van der Waals surface area contributed by atoms with Gasteiger partial charge in [0.05, 0.1) is 19.8 Å². The van der Waals surface area contributed by atoms with Crippen molar-refractivity contribution in [3.63, 3.8) is 0 Å². The van der Waals surface area contributed by atoms with E-state index in [0.717, 1.165) is 24.7 Å². The first-order valence-electron chi connectivity index (χ1n) is 10.8. The molecule has 0 radical (unpaired) electrons. The number of ether oxygens (including phenoxy) is 4. The van der Waals surface area contributed by atoms with Crippen LogP contribution in [0.4, 0.5) is 4.79 Å². The van der Waals surface area contributed by atoms with E-state index in [-0.39, 0.29) is 5.92 Å². The molecule has 0 aliphatic heterocycles. The Morgan fingerprint density at radius 3 is 2.39 bits per heavy atom. The van der Waals surface area contributed by atoms with Crippen LogP contribution in [0.5, 0.6) is 11.5 Å². The van der Waals surface area contributed by atoms with Gasteiger partial charge in [0.2, 0.25) is 0 Å². The van der Waals surface area contributed by atoms with Gasteiger partial charge in [-0.25, -0.2) is 4.79 Å². The summed E-state index contributed by atoms with van der Waals surface area (Å²) in [7, 11) is 3.28. The molecular formula is C24H39NO6. The number of hydrogen-bond donors (Lipinski definition) is 1. The first-order valence-corrected chi connectivity index (χ1v) is 10.8. The van der Waals surface area contributed by atoms with Crippen LogP contribution in [0, 0.1) is 11.8 Å². The summed E-state index contributed by atoms with van der Waals surface area (Å²) in [6.07, 6.45) is 2.25. The molecule has 1 aromatic carbocycles. The summed E-state index contributed by atoms with van der Waals surface area (Å²) < 4.78 is 21.6. The maximum Gasteiger partial charge on any atom is 0.408 e. The van der Waals surface area contributed by atoms with Crippen molar-refractivity contribution in [2.24, 2.45) is 11.8 Å². The predicted octanol–water partition coefficient (Wildman–Crippen LogP) is 4.41. The Morgan fingerprint density at radius 1 is 1.13 bits per heavy atom. The van der Waals surface area contributed by atoms with Gasteiger partial charge in [-0.2, -0.15) is 0 Å². The van der Waals surface area contributed by atoms with Crippen LogP contribution in [0.15, 0.2) is 18.2 Å². The van der Waals surface area contributed by atoms with Crippen molar-refractivity contribution < 1.29 is 28.5 Å². The standard InChI is InChI=1S/C24H39NO6/c1-17(2)19(15-20(16-26)25-23(27)31-24(3,4)5)13-18-9-10-21(29-7)22(14-18)30-12-8-11-28-6/h9-10,14,16-17,19-20H,8,11-13,15H2,1-7H3,(H,25,27)/t19-,20-/m0/s1. The lowest BCUT2D eigenvalue weighted by atomic mass is 9.84. The fourth-order valence-corrected chi connectivity index (χ4v) is 3.17. The third-order valence-corrected chi connectivity index (χ3v) is 4.84. The molecule has 0 heterocycles. The Morgan fingerprint density at radius 2 is 1.84 bits per heavy atom. The molecule has 1 rings (SSSR count). The Kier molecular flexibility index (Phi) is 11.4. The molecule has 1 aromatic rings. The maximum atomic E-state index is 12.1. The third-order valence-electron chi connectivity index (χ3n) is 4.84. The fourth-order valence-electron chi connectivity index (χ4n) is 3.17. The molecule has 0 unspecified atom stereocenters. The minimum atomic E-state index is -0.613. The summed E-state index contributed by atoms with van der Waals surface area (Å²) in [6.45, 7) is 10.8. The Labute approximate surface area is 186 Å². The van der Waals surface area contributed by atoms with Crippen molar-refractivity contribution >= 4 is 12.4 Å². The zero-order valence-electron chi connectivity index (χ0n) is 20.0. The number of aldehydes is 1. The van der Waals surface area contributed by atoms with E-state index < -0.39 is 17.7 Å². The number of carbonyl (C=O) groups is 2. The highest BCUT2D eigenvalue weighted by atomic mass is 16.6. The zero-order valence-corrected chi connectivity index (χ0v) is 20.0. The molecule has 7 heteroatoms. The van der Waals surface area contributed by atoms with Gasteiger partial charge in [0.1, 0.15) is 11.9 Å². The number of carbonyl (C=O) groups excluding carboxylic acids is 2. The molecule has 0 aliphatic carbocycles. The normalized spacial score (nSPS) is 13.4. The van der Waals surface area contributed by atoms with Gasteiger partial charge in [-0.05, 0) is 63.1 Å². The van der Waals surface area contributed by atoms with E-state index in [2.05, 4.69) is 19.2 Å². The van der Waals surface area contributed by atoms with E-state index in [9.17, 15) is 9.59 Å². The Bertz CT molecular complexity index is 683. The first kappa shape index (κ1) is 26.8. The van der Waals surface area contributed by atoms with Crippen LogP contribution in [0.25, 0.3) is 0 Å². The molecule has 1 N–H and O–H groups in total. The summed E-state index contributed by atoms with van der Waals surface area (Å²) in [6, 6.07) is 5.28. The van der Waals surface area contributed by atoms with Crippen LogP contribution < -0.4 is 14.8 Å². The van der Waals surface area contributed by atoms with E-state index in [4.69, 9.17) is 18.9 Å². The van der Waals surface area contributed by atoms with Gasteiger partial charge in [0.25, 0.3) is 0 Å². The van der Waals surface area contributed by atoms with Gasteiger partial charge in [-0.3, -0.25) is 0 Å². The number of benzene rings is 1. The highest BCUT2D eigenvalue weighted by Crippen LogP contribution is 2.31. The summed E-state index contributed by atoms with van der Waals surface area (Å²) in [5.41, 5.74) is 0.473. The second-order valence-electron chi connectivity index (χ2n) is 9.01. The van der Waals surface area contributed by atoms with E-state index in [1.807, 2.05) is 18.2 Å². The van der Waals surface area contributed by atoms with E-state index >= 15 is 0 Å². The molecule has 176 valence electrons. The Balaban J connectivity index is 2.84. The lowest BCUT2D eigenvalue weighted by Crippen LogP contribution is -2.41. The van der Waals surface area contributed by atoms with Crippen LogP contribution in [0.2, 0.25) is 0 Å². The summed E-state index contributed by atoms with van der Waals surface area (Å²) in [5.74, 6) is 1.87. The number of hydrogen-bond acceptors (Lipinski definition) is 6.